The van der Waals surface area contributed by atoms with Crippen LogP contribution in [0.5, 0.6) is 5.75 Å². The van der Waals surface area contributed by atoms with Gasteiger partial charge in [-0.2, -0.15) is 0 Å². The summed E-state index contributed by atoms with van der Waals surface area (Å²) in [5.74, 6) is -0.505. The third-order valence-corrected chi connectivity index (χ3v) is 5.31. The minimum absolute atomic E-state index is 0.000500. The fourth-order valence-electron chi connectivity index (χ4n) is 3.40. The zero-order chi connectivity index (χ0) is 22.5. The zero-order valence-electron chi connectivity index (χ0n) is 17.3. The molecule has 2 amide bonds. The predicted molar refractivity (Wildman–Crippen MR) is 131 cm³/mol. The summed E-state index contributed by atoms with van der Waals surface area (Å²) < 4.78 is 5.45. The van der Waals surface area contributed by atoms with Crippen molar-refractivity contribution in [2.45, 2.75) is 0 Å². The van der Waals surface area contributed by atoms with E-state index < -0.39 is 11.8 Å². The number of allylic oxidation sites excluding steroid dienone is 2. The normalized spacial score (nSPS) is 15.7. The van der Waals surface area contributed by atoms with Gasteiger partial charge in [0, 0.05) is 0 Å². The number of hydrogen-bond donors (Lipinski definition) is 0. The standard InChI is InChI=1S/C26H20N2O3S/c1-31-23-18-9-8-17-22(23)28-25(30)21(16-10-13-19-11-4-2-5-12-19)24(29)27(26(28)32)20-14-6-3-7-15-20/h2-18H,1H3. The van der Waals surface area contributed by atoms with Gasteiger partial charge in [0.1, 0.15) is 11.3 Å². The van der Waals surface area contributed by atoms with Crippen molar-refractivity contribution < 1.29 is 14.3 Å². The van der Waals surface area contributed by atoms with E-state index >= 15 is 0 Å². The lowest BCUT2D eigenvalue weighted by atomic mass is 10.1. The summed E-state index contributed by atoms with van der Waals surface area (Å²) >= 11 is 5.63. The molecule has 0 bridgehead atoms. The maximum absolute atomic E-state index is 13.5. The van der Waals surface area contributed by atoms with Crippen molar-refractivity contribution in [3.05, 3.63) is 108 Å². The van der Waals surface area contributed by atoms with Crippen molar-refractivity contribution in [2.75, 3.05) is 16.9 Å². The molecule has 3 aromatic rings. The first kappa shape index (κ1) is 21.2. The van der Waals surface area contributed by atoms with Crippen LogP contribution in [-0.2, 0) is 9.59 Å². The average Bonchev–Trinajstić information content (AvgIpc) is 2.83. The number of ether oxygens (including phenoxy) is 1. The maximum atomic E-state index is 13.5. The van der Waals surface area contributed by atoms with E-state index in [1.807, 2.05) is 54.6 Å². The number of nitrogens with zero attached hydrogens (tertiary/aromatic N) is 2. The highest BCUT2D eigenvalue weighted by Gasteiger charge is 2.41. The molecular weight excluding hydrogens is 420 g/mol. The number of amides is 2. The van der Waals surface area contributed by atoms with E-state index in [1.54, 1.807) is 42.5 Å². The Morgan fingerprint density at radius 1 is 0.781 bits per heavy atom. The highest BCUT2D eigenvalue weighted by Crippen LogP contribution is 2.34. The van der Waals surface area contributed by atoms with Gasteiger partial charge in [-0.25, -0.2) is 4.90 Å². The number of methoxy groups -OCH3 is 1. The predicted octanol–water partition coefficient (Wildman–Crippen LogP) is 5.00. The van der Waals surface area contributed by atoms with E-state index in [1.165, 1.54) is 23.0 Å². The van der Waals surface area contributed by atoms with Gasteiger partial charge in [0.2, 0.25) is 0 Å². The molecule has 0 aliphatic carbocycles. The minimum atomic E-state index is -0.505. The van der Waals surface area contributed by atoms with Crippen molar-refractivity contribution in [3.8, 4) is 5.75 Å². The van der Waals surface area contributed by atoms with Gasteiger partial charge in [-0.05, 0) is 48.1 Å². The second-order valence-electron chi connectivity index (χ2n) is 6.92. The fourth-order valence-corrected chi connectivity index (χ4v) is 3.77. The molecule has 1 fully saturated rings. The van der Waals surface area contributed by atoms with E-state index in [2.05, 4.69) is 0 Å². The number of anilines is 2. The number of para-hydroxylation sites is 3. The topological polar surface area (TPSA) is 49.9 Å². The van der Waals surface area contributed by atoms with Gasteiger partial charge in [-0.15, -0.1) is 0 Å². The van der Waals surface area contributed by atoms with Gasteiger partial charge in [0.15, 0.2) is 5.11 Å². The fraction of sp³-hybridized carbons (Fsp3) is 0.0385. The van der Waals surface area contributed by atoms with Gasteiger partial charge in [0.05, 0.1) is 18.5 Å². The maximum Gasteiger partial charge on any atom is 0.270 e. The van der Waals surface area contributed by atoms with Crippen LogP contribution in [0.1, 0.15) is 5.56 Å². The third kappa shape index (κ3) is 4.08. The number of hydrogen-bond acceptors (Lipinski definition) is 4. The molecule has 0 spiro atoms. The minimum Gasteiger partial charge on any atom is -0.495 e. The molecule has 158 valence electrons. The molecule has 3 aromatic carbocycles. The molecule has 1 saturated heterocycles. The number of rotatable bonds is 5. The summed E-state index contributed by atoms with van der Waals surface area (Å²) in [5, 5.41) is 0.0693. The van der Waals surface area contributed by atoms with E-state index in [9.17, 15) is 9.59 Å². The first-order chi connectivity index (χ1) is 15.6. The Kier molecular flexibility index (Phi) is 6.24. The van der Waals surface area contributed by atoms with Crippen LogP contribution in [0.2, 0.25) is 0 Å². The van der Waals surface area contributed by atoms with Crippen LogP contribution in [0.25, 0.3) is 6.08 Å². The molecule has 1 aliphatic heterocycles. The lowest BCUT2D eigenvalue weighted by Crippen LogP contribution is -2.57. The van der Waals surface area contributed by atoms with Gasteiger partial charge >= 0.3 is 0 Å². The Morgan fingerprint density at radius 3 is 2.06 bits per heavy atom. The Morgan fingerprint density at radius 2 is 1.38 bits per heavy atom. The van der Waals surface area contributed by atoms with Crippen molar-refractivity contribution in [2.24, 2.45) is 0 Å². The Labute approximate surface area is 191 Å². The van der Waals surface area contributed by atoms with E-state index in [4.69, 9.17) is 17.0 Å². The van der Waals surface area contributed by atoms with Crippen LogP contribution >= 0.6 is 12.2 Å². The molecule has 32 heavy (non-hydrogen) atoms. The molecule has 4 rings (SSSR count). The quantitative estimate of drug-likeness (QED) is 0.318. The van der Waals surface area contributed by atoms with Gasteiger partial charge in [0.25, 0.3) is 11.8 Å². The number of thiocarbonyl (C=S) groups is 1. The first-order valence-electron chi connectivity index (χ1n) is 9.96. The lowest BCUT2D eigenvalue weighted by molar-refractivity contribution is -0.120. The molecule has 6 heteroatoms. The number of carbonyl (C=O) groups is 2. The van der Waals surface area contributed by atoms with Crippen molar-refractivity contribution >= 4 is 46.6 Å². The van der Waals surface area contributed by atoms with Gasteiger partial charge in [-0.1, -0.05) is 72.8 Å². The zero-order valence-corrected chi connectivity index (χ0v) is 18.2. The summed E-state index contributed by atoms with van der Waals surface area (Å²) in [4.78, 5) is 29.5. The summed E-state index contributed by atoms with van der Waals surface area (Å²) in [7, 11) is 1.52. The van der Waals surface area contributed by atoms with Gasteiger partial charge < -0.3 is 4.74 Å². The smallest absolute Gasteiger partial charge is 0.270 e. The first-order valence-corrected chi connectivity index (χ1v) is 10.4. The molecular formula is C26H20N2O3S. The largest absolute Gasteiger partial charge is 0.495 e. The van der Waals surface area contributed by atoms with Crippen LogP contribution < -0.4 is 14.5 Å². The molecule has 0 aromatic heterocycles. The second kappa shape index (κ2) is 9.41. The summed E-state index contributed by atoms with van der Waals surface area (Å²) in [6.45, 7) is 0. The average molecular weight is 441 g/mol. The number of benzene rings is 3. The van der Waals surface area contributed by atoms with Crippen LogP contribution in [0.4, 0.5) is 11.4 Å². The highest BCUT2D eigenvalue weighted by atomic mass is 32.1. The molecule has 5 nitrogen and oxygen atoms in total. The summed E-state index contributed by atoms with van der Waals surface area (Å²) in [6.07, 6.45) is 5.05. The van der Waals surface area contributed by atoms with Crippen molar-refractivity contribution in [3.63, 3.8) is 0 Å². The Bertz CT molecular complexity index is 1220. The summed E-state index contributed by atoms with van der Waals surface area (Å²) in [5.41, 5.74) is 2.00. The monoisotopic (exact) mass is 440 g/mol. The molecule has 0 saturated carbocycles. The van der Waals surface area contributed by atoms with Crippen molar-refractivity contribution in [1.29, 1.82) is 0 Å². The van der Waals surface area contributed by atoms with E-state index in [-0.39, 0.29) is 10.7 Å². The lowest BCUT2D eigenvalue weighted by Gasteiger charge is -2.36. The van der Waals surface area contributed by atoms with Crippen LogP contribution in [0.15, 0.2) is 103 Å². The summed E-state index contributed by atoms with van der Waals surface area (Å²) in [6, 6.07) is 25.7. The van der Waals surface area contributed by atoms with Crippen LogP contribution in [0, 0.1) is 0 Å². The Hall–Kier alpha value is -4.03. The highest BCUT2D eigenvalue weighted by molar-refractivity contribution is 7.81. The molecule has 0 unspecified atom stereocenters. The van der Waals surface area contributed by atoms with E-state index in [0.717, 1.165) is 5.56 Å². The van der Waals surface area contributed by atoms with Crippen molar-refractivity contribution in [1.82, 2.24) is 0 Å². The van der Waals surface area contributed by atoms with Gasteiger partial charge in [-0.3, -0.25) is 14.5 Å². The molecule has 1 aliphatic rings. The van der Waals surface area contributed by atoms with Crippen LogP contribution in [0.3, 0.4) is 0 Å². The molecule has 1 heterocycles. The second-order valence-corrected chi connectivity index (χ2v) is 7.29. The molecule has 0 N–H and O–H groups in total. The SMILES string of the molecule is COc1ccccc1N1C(=O)C(=CC=Cc2ccccc2)C(=O)N(c2ccccc2)C1=S. The Balaban J connectivity index is 1.81. The number of carbonyl (C=O) groups excluding carboxylic acids is 2. The van der Waals surface area contributed by atoms with Crippen LogP contribution in [-0.4, -0.2) is 24.0 Å². The molecule has 0 radical (unpaired) electrons. The third-order valence-electron chi connectivity index (χ3n) is 4.94. The molecule has 0 atom stereocenters. The van der Waals surface area contributed by atoms with E-state index in [0.29, 0.717) is 17.1 Å².